The van der Waals surface area contributed by atoms with Crippen LogP contribution >= 0.6 is 0 Å². The fourth-order valence-electron chi connectivity index (χ4n) is 2.08. The molecule has 1 atom stereocenters. The minimum absolute atomic E-state index is 0.458. The first-order valence-electron chi connectivity index (χ1n) is 7.12. The normalized spacial score (nSPS) is 12.8. The highest BCUT2D eigenvalue weighted by Crippen LogP contribution is 2.05. The third-order valence-electron chi connectivity index (χ3n) is 3.02. The number of hydrogen-bond donors (Lipinski definition) is 1. The van der Waals surface area contributed by atoms with Gasteiger partial charge in [-0.25, -0.2) is 4.98 Å². The predicted molar refractivity (Wildman–Crippen MR) is 74.8 cm³/mol. The quantitative estimate of drug-likeness (QED) is 0.650. The lowest BCUT2D eigenvalue weighted by Crippen LogP contribution is -2.33. The van der Waals surface area contributed by atoms with E-state index in [1.54, 1.807) is 0 Å². The number of rotatable bonds is 10. The largest absolute Gasteiger partial charge is 0.381 e. The smallest absolute Gasteiger partial charge is 0.110 e. The number of hydrogen-bond acceptors (Lipinski definition) is 3. The van der Waals surface area contributed by atoms with Crippen molar-refractivity contribution in [1.82, 2.24) is 14.9 Å². The number of nitrogens with zero attached hydrogens (tertiary/aromatic N) is 2. The molecular formula is C14H27N3O. The molecule has 0 saturated heterocycles. The van der Waals surface area contributed by atoms with E-state index in [4.69, 9.17) is 4.74 Å². The van der Waals surface area contributed by atoms with Crippen molar-refractivity contribution in [1.29, 1.82) is 0 Å². The van der Waals surface area contributed by atoms with E-state index in [-0.39, 0.29) is 0 Å². The molecular weight excluding hydrogens is 226 g/mol. The molecule has 1 heterocycles. The molecule has 0 fully saturated rings. The molecule has 0 aliphatic carbocycles. The van der Waals surface area contributed by atoms with Gasteiger partial charge >= 0.3 is 0 Å². The van der Waals surface area contributed by atoms with Crippen molar-refractivity contribution in [3.63, 3.8) is 0 Å². The predicted octanol–water partition coefficient (Wildman–Crippen LogP) is 2.24. The van der Waals surface area contributed by atoms with Crippen LogP contribution in [0.4, 0.5) is 0 Å². The second-order valence-electron chi connectivity index (χ2n) is 4.49. The van der Waals surface area contributed by atoms with Gasteiger partial charge < -0.3 is 14.6 Å². The third kappa shape index (κ3) is 5.19. The Balaban J connectivity index is 2.41. The molecule has 1 unspecified atom stereocenters. The number of imidazole rings is 1. The number of aryl methyl sites for hydroxylation is 1. The van der Waals surface area contributed by atoms with Crippen LogP contribution in [0.25, 0.3) is 0 Å². The van der Waals surface area contributed by atoms with Gasteiger partial charge in [0.1, 0.15) is 5.82 Å². The van der Waals surface area contributed by atoms with Crippen LogP contribution in [0.1, 0.15) is 39.4 Å². The molecule has 4 heteroatoms. The Morgan fingerprint density at radius 3 is 2.83 bits per heavy atom. The van der Waals surface area contributed by atoms with Crippen LogP contribution in [-0.2, 0) is 17.7 Å². The Bertz CT molecular complexity index is 312. The second kappa shape index (κ2) is 9.11. The molecule has 4 nitrogen and oxygen atoms in total. The van der Waals surface area contributed by atoms with Gasteiger partial charge in [0.15, 0.2) is 0 Å². The molecule has 1 aromatic heterocycles. The number of nitrogens with one attached hydrogen (secondary N) is 1. The molecule has 0 bridgehead atoms. The van der Waals surface area contributed by atoms with E-state index in [9.17, 15) is 0 Å². The molecule has 104 valence electrons. The van der Waals surface area contributed by atoms with Crippen LogP contribution < -0.4 is 5.32 Å². The Labute approximate surface area is 111 Å². The summed E-state index contributed by atoms with van der Waals surface area (Å²) in [6.07, 6.45) is 7.04. The SMILES string of the molecule is CCCOCCC(Cc1nccn1CC)NCC. The highest BCUT2D eigenvalue weighted by atomic mass is 16.5. The van der Waals surface area contributed by atoms with Crippen LogP contribution in [-0.4, -0.2) is 35.4 Å². The summed E-state index contributed by atoms with van der Waals surface area (Å²) >= 11 is 0. The van der Waals surface area contributed by atoms with Gasteiger partial charge in [-0.15, -0.1) is 0 Å². The van der Waals surface area contributed by atoms with E-state index >= 15 is 0 Å². The first-order valence-corrected chi connectivity index (χ1v) is 7.12. The van der Waals surface area contributed by atoms with Crippen LogP contribution in [0.2, 0.25) is 0 Å². The lowest BCUT2D eigenvalue weighted by molar-refractivity contribution is 0.124. The molecule has 0 amide bonds. The van der Waals surface area contributed by atoms with Crippen LogP contribution in [0.15, 0.2) is 12.4 Å². The zero-order valence-corrected chi connectivity index (χ0v) is 12.0. The Morgan fingerprint density at radius 1 is 1.33 bits per heavy atom. The first-order chi connectivity index (χ1) is 8.81. The standard InChI is InChI=1S/C14H27N3O/c1-4-10-18-11-7-13(15-5-2)12-14-16-8-9-17(14)6-3/h8-9,13,15H,4-7,10-12H2,1-3H3. The summed E-state index contributed by atoms with van der Waals surface area (Å²) in [5.74, 6) is 1.17. The molecule has 1 rings (SSSR count). The Hall–Kier alpha value is -0.870. The van der Waals surface area contributed by atoms with Crippen molar-refractivity contribution in [2.75, 3.05) is 19.8 Å². The molecule has 0 saturated carbocycles. The fourth-order valence-corrected chi connectivity index (χ4v) is 2.08. The molecule has 0 aliphatic heterocycles. The van der Waals surface area contributed by atoms with Crippen molar-refractivity contribution >= 4 is 0 Å². The molecule has 1 aromatic rings. The maximum absolute atomic E-state index is 5.57. The van der Waals surface area contributed by atoms with Gasteiger partial charge in [0, 0.05) is 44.6 Å². The Morgan fingerprint density at radius 2 is 2.17 bits per heavy atom. The molecule has 1 N–H and O–H groups in total. The minimum Gasteiger partial charge on any atom is -0.381 e. The van der Waals surface area contributed by atoms with Crippen molar-refractivity contribution in [2.24, 2.45) is 0 Å². The van der Waals surface area contributed by atoms with E-state index in [1.165, 1.54) is 5.82 Å². The lowest BCUT2D eigenvalue weighted by atomic mass is 10.1. The van der Waals surface area contributed by atoms with Gasteiger partial charge in [0.25, 0.3) is 0 Å². The average Bonchev–Trinajstić information content (AvgIpc) is 2.82. The summed E-state index contributed by atoms with van der Waals surface area (Å²) < 4.78 is 7.77. The maximum Gasteiger partial charge on any atom is 0.110 e. The first kappa shape index (κ1) is 15.2. The molecule has 0 spiro atoms. The molecule has 18 heavy (non-hydrogen) atoms. The average molecular weight is 253 g/mol. The zero-order valence-electron chi connectivity index (χ0n) is 12.0. The number of aromatic nitrogens is 2. The van der Waals surface area contributed by atoms with E-state index < -0.39 is 0 Å². The topological polar surface area (TPSA) is 39.1 Å². The molecule has 0 aliphatic rings. The van der Waals surface area contributed by atoms with Crippen LogP contribution in [0.3, 0.4) is 0 Å². The summed E-state index contributed by atoms with van der Waals surface area (Å²) in [5, 5.41) is 3.52. The maximum atomic E-state index is 5.57. The van der Waals surface area contributed by atoms with Crippen molar-refractivity contribution < 1.29 is 4.74 Å². The molecule has 0 radical (unpaired) electrons. The number of ether oxygens (including phenoxy) is 1. The van der Waals surface area contributed by atoms with Gasteiger partial charge in [-0.2, -0.15) is 0 Å². The van der Waals surface area contributed by atoms with E-state index in [1.807, 2.05) is 12.4 Å². The van der Waals surface area contributed by atoms with Crippen LogP contribution in [0, 0.1) is 0 Å². The van der Waals surface area contributed by atoms with Gasteiger partial charge in [-0.05, 0) is 26.3 Å². The fraction of sp³-hybridized carbons (Fsp3) is 0.786. The van der Waals surface area contributed by atoms with Crippen molar-refractivity contribution in [3.8, 4) is 0 Å². The lowest BCUT2D eigenvalue weighted by Gasteiger charge is -2.18. The summed E-state index contributed by atoms with van der Waals surface area (Å²) in [5.41, 5.74) is 0. The highest BCUT2D eigenvalue weighted by Gasteiger charge is 2.11. The van der Waals surface area contributed by atoms with Crippen molar-refractivity contribution in [2.45, 2.75) is 52.6 Å². The van der Waals surface area contributed by atoms with Crippen LogP contribution in [0.5, 0.6) is 0 Å². The zero-order chi connectivity index (χ0) is 13.2. The third-order valence-corrected chi connectivity index (χ3v) is 3.02. The summed E-state index contributed by atoms with van der Waals surface area (Å²) in [6, 6.07) is 0.458. The van der Waals surface area contributed by atoms with E-state index in [0.29, 0.717) is 6.04 Å². The Kier molecular flexibility index (Phi) is 7.69. The van der Waals surface area contributed by atoms with Crippen molar-refractivity contribution in [3.05, 3.63) is 18.2 Å². The monoisotopic (exact) mass is 253 g/mol. The highest BCUT2D eigenvalue weighted by molar-refractivity contribution is 4.95. The summed E-state index contributed by atoms with van der Waals surface area (Å²) in [7, 11) is 0. The van der Waals surface area contributed by atoms with E-state index in [2.05, 4.69) is 35.6 Å². The summed E-state index contributed by atoms with van der Waals surface area (Å²) in [6.45, 7) is 10.1. The molecule has 0 aromatic carbocycles. The van der Waals surface area contributed by atoms with Gasteiger partial charge in [-0.1, -0.05) is 13.8 Å². The van der Waals surface area contributed by atoms with E-state index in [0.717, 1.165) is 45.6 Å². The minimum atomic E-state index is 0.458. The second-order valence-corrected chi connectivity index (χ2v) is 4.49. The van der Waals surface area contributed by atoms with Gasteiger partial charge in [0.05, 0.1) is 0 Å². The van der Waals surface area contributed by atoms with Gasteiger partial charge in [-0.3, -0.25) is 0 Å². The van der Waals surface area contributed by atoms with Gasteiger partial charge in [0.2, 0.25) is 0 Å². The summed E-state index contributed by atoms with van der Waals surface area (Å²) in [4.78, 5) is 4.44. The number of likely N-dealkylation sites (N-methyl/N-ethyl adjacent to an activating group) is 1.